The highest BCUT2D eigenvalue weighted by molar-refractivity contribution is 6.19. The Hall–Kier alpha value is -3.75. The highest BCUT2D eigenvalue weighted by Crippen LogP contribution is 2.26. The molecule has 0 spiro atoms. The molecule has 0 saturated carbocycles. The van der Waals surface area contributed by atoms with Gasteiger partial charge in [0.15, 0.2) is 5.82 Å². The molecule has 2 aromatic rings. The third kappa shape index (κ3) is 4.71. The SMILES string of the molecule is C=C1C(CNC=O)=C(n2c(C)cnc(NCCc3cccc(F)c3)c2=O)C(N)=NC1C. The van der Waals surface area contributed by atoms with E-state index in [1.165, 1.54) is 16.7 Å². The highest BCUT2D eigenvalue weighted by Gasteiger charge is 2.26. The van der Waals surface area contributed by atoms with Crippen LogP contribution in [0.15, 0.2) is 58.0 Å². The van der Waals surface area contributed by atoms with Crippen LogP contribution in [-0.2, 0) is 11.2 Å². The van der Waals surface area contributed by atoms with Crippen LogP contribution >= 0.6 is 0 Å². The molecule has 8 nitrogen and oxygen atoms in total. The number of halogens is 1. The summed E-state index contributed by atoms with van der Waals surface area (Å²) in [7, 11) is 0. The van der Waals surface area contributed by atoms with Crippen molar-refractivity contribution in [2.45, 2.75) is 26.3 Å². The van der Waals surface area contributed by atoms with Gasteiger partial charge in [-0.3, -0.25) is 19.1 Å². The molecule has 31 heavy (non-hydrogen) atoms. The summed E-state index contributed by atoms with van der Waals surface area (Å²) < 4.78 is 14.8. The summed E-state index contributed by atoms with van der Waals surface area (Å²) in [6.45, 7) is 8.18. The predicted octanol–water partition coefficient (Wildman–Crippen LogP) is 1.62. The molecule has 0 bridgehead atoms. The third-order valence-electron chi connectivity index (χ3n) is 5.07. The molecular weight excluding hydrogens is 399 g/mol. The van der Waals surface area contributed by atoms with E-state index in [2.05, 4.69) is 27.2 Å². The topological polar surface area (TPSA) is 114 Å². The lowest BCUT2D eigenvalue weighted by atomic mass is 9.95. The van der Waals surface area contributed by atoms with Crippen molar-refractivity contribution in [3.63, 3.8) is 0 Å². The zero-order valence-electron chi connectivity index (χ0n) is 17.5. The van der Waals surface area contributed by atoms with Gasteiger partial charge in [-0.2, -0.15) is 0 Å². The number of benzene rings is 1. The van der Waals surface area contributed by atoms with Gasteiger partial charge in [-0.25, -0.2) is 9.37 Å². The van der Waals surface area contributed by atoms with E-state index >= 15 is 0 Å². The lowest BCUT2D eigenvalue weighted by molar-refractivity contribution is -0.109. The molecule has 1 aliphatic rings. The Morgan fingerprint density at radius 3 is 2.87 bits per heavy atom. The first-order valence-electron chi connectivity index (χ1n) is 9.83. The van der Waals surface area contributed by atoms with Gasteiger partial charge in [-0.05, 0) is 43.5 Å². The number of nitrogens with zero attached hydrogens (tertiary/aromatic N) is 3. The maximum Gasteiger partial charge on any atom is 0.298 e. The molecule has 1 aliphatic heterocycles. The zero-order chi connectivity index (χ0) is 22.5. The monoisotopic (exact) mass is 424 g/mol. The largest absolute Gasteiger partial charge is 0.382 e. The molecule has 9 heteroatoms. The van der Waals surface area contributed by atoms with Gasteiger partial charge in [0.25, 0.3) is 5.56 Å². The predicted molar refractivity (Wildman–Crippen MR) is 119 cm³/mol. The van der Waals surface area contributed by atoms with E-state index in [0.29, 0.717) is 41.9 Å². The molecule has 1 aromatic carbocycles. The van der Waals surface area contributed by atoms with Crippen LogP contribution in [0.5, 0.6) is 0 Å². The number of amidine groups is 1. The average molecular weight is 424 g/mol. The summed E-state index contributed by atoms with van der Waals surface area (Å²) in [5.74, 6) is 0.0113. The fraction of sp³-hybridized carbons (Fsp3) is 0.273. The van der Waals surface area contributed by atoms with Gasteiger partial charge in [0.05, 0.1) is 11.7 Å². The van der Waals surface area contributed by atoms with Crippen LogP contribution in [0.25, 0.3) is 5.70 Å². The maximum absolute atomic E-state index is 13.4. The molecule has 1 aromatic heterocycles. The van der Waals surface area contributed by atoms with E-state index in [4.69, 9.17) is 5.73 Å². The average Bonchev–Trinajstić information content (AvgIpc) is 2.73. The minimum absolute atomic E-state index is 0.134. The molecule has 0 aliphatic carbocycles. The second kappa shape index (κ2) is 9.38. The Morgan fingerprint density at radius 1 is 1.39 bits per heavy atom. The molecule has 2 heterocycles. The van der Waals surface area contributed by atoms with Gasteiger partial charge in [0.2, 0.25) is 6.41 Å². The van der Waals surface area contributed by atoms with Gasteiger partial charge in [-0.1, -0.05) is 18.7 Å². The minimum Gasteiger partial charge on any atom is -0.382 e. The Labute approximate surface area is 179 Å². The van der Waals surface area contributed by atoms with Crippen molar-refractivity contribution in [1.82, 2.24) is 14.9 Å². The number of anilines is 1. The highest BCUT2D eigenvalue weighted by atomic mass is 19.1. The van der Waals surface area contributed by atoms with Crippen LogP contribution in [0.2, 0.25) is 0 Å². The first kappa shape index (κ1) is 21.9. The van der Waals surface area contributed by atoms with Crippen molar-refractivity contribution in [2.75, 3.05) is 18.4 Å². The van der Waals surface area contributed by atoms with E-state index in [0.717, 1.165) is 5.56 Å². The Kier molecular flexibility index (Phi) is 6.64. The zero-order valence-corrected chi connectivity index (χ0v) is 17.5. The molecule has 1 atom stereocenters. The van der Waals surface area contributed by atoms with Crippen molar-refractivity contribution in [3.05, 3.63) is 75.6 Å². The van der Waals surface area contributed by atoms with E-state index in [1.807, 2.05) is 13.0 Å². The number of amides is 1. The first-order valence-corrected chi connectivity index (χ1v) is 9.83. The van der Waals surface area contributed by atoms with E-state index in [1.54, 1.807) is 19.2 Å². The number of nitrogens with one attached hydrogen (secondary N) is 2. The lowest BCUT2D eigenvalue weighted by Crippen LogP contribution is -2.37. The van der Waals surface area contributed by atoms with Gasteiger partial charge in [-0.15, -0.1) is 0 Å². The van der Waals surface area contributed by atoms with E-state index in [9.17, 15) is 14.0 Å². The number of hydrogen-bond acceptors (Lipinski definition) is 6. The quantitative estimate of drug-likeness (QED) is 0.557. The molecule has 0 radical (unpaired) electrons. The van der Waals surface area contributed by atoms with Crippen molar-refractivity contribution in [2.24, 2.45) is 10.7 Å². The van der Waals surface area contributed by atoms with Crippen molar-refractivity contribution >= 4 is 23.8 Å². The summed E-state index contributed by atoms with van der Waals surface area (Å²) >= 11 is 0. The van der Waals surface area contributed by atoms with Crippen molar-refractivity contribution in [3.8, 4) is 0 Å². The summed E-state index contributed by atoms with van der Waals surface area (Å²) in [6, 6.07) is 6.02. The maximum atomic E-state index is 13.4. The number of carbonyl (C=O) groups excluding carboxylic acids is 1. The van der Waals surface area contributed by atoms with Gasteiger partial charge in [0.1, 0.15) is 11.7 Å². The van der Waals surface area contributed by atoms with Gasteiger partial charge in [0, 0.05) is 30.6 Å². The number of aryl methyl sites for hydroxylation is 1. The fourth-order valence-corrected chi connectivity index (χ4v) is 3.45. The first-order chi connectivity index (χ1) is 14.8. The molecule has 0 fully saturated rings. The number of aliphatic imine (C=N–C) groups is 1. The van der Waals surface area contributed by atoms with Gasteiger partial charge < -0.3 is 16.4 Å². The van der Waals surface area contributed by atoms with Crippen LogP contribution in [0.4, 0.5) is 10.2 Å². The number of hydrogen-bond donors (Lipinski definition) is 3. The van der Waals surface area contributed by atoms with Gasteiger partial charge >= 0.3 is 0 Å². The number of rotatable bonds is 8. The number of aromatic nitrogens is 2. The Morgan fingerprint density at radius 2 is 2.16 bits per heavy atom. The molecule has 4 N–H and O–H groups in total. The summed E-state index contributed by atoms with van der Waals surface area (Å²) in [6.07, 6.45) is 2.64. The van der Waals surface area contributed by atoms with Crippen molar-refractivity contribution in [1.29, 1.82) is 0 Å². The van der Waals surface area contributed by atoms with Crippen LogP contribution in [-0.4, -0.2) is 40.9 Å². The van der Waals surface area contributed by atoms with Crippen LogP contribution < -0.4 is 21.9 Å². The molecular formula is C22H25FN6O2. The van der Waals surface area contributed by atoms with Crippen LogP contribution in [0.3, 0.4) is 0 Å². The lowest BCUT2D eigenvalue weighted by Gasteiger charge is -2.27. The standard InChI is InChI=1S/C22H25FN6O2/c1-13-10-27-21(26-8-7-16-5-4-6-17(23)9-16)22(31)29(13)19-18(11-25-12-30)14(2)15(3)28-20(19)24/h4-6,9-10,12,15H,2,7-8,11H2,1,3H3,(H2,24,28)(H,25,30)(H,26,27). The van der Waals surface area contributed by atoms with E-state index < -0.39 is 5.56 Å². The third-order valence-corrected chi connectivity index (χ3v) is 5.07. The Balaban J connectivity index is 1.96. The normalized spacial score (nSPS) is 16.2. The smallest absolute Gasteiger partial charge is 0.298 e. The second-order valence-corrected chi connectivity index (χ2v) is 7.24. The summed E-state index contributed by atoms with van der Waals surface area (Å²) in [4.78, 5) is 32.7. The van der Waals surface area contributed by atoms with Crippen LogP contribution in [0, 0.1) is 12.7 Å². The van der Waals surface area contributed by atoms with E-state index in [-0.39, 0.29) is 30.1 Å². The minimum atomic E-state index is -0.404. The summed E-state index contributed by atoms with van der Waals surface area (Å²) in [5, 5.41) is 5.63. The molecule has 0 saturated heterocycles. The van der Waals surface area contributed by atoms with Crippen LogP contribution in [0.1, 0.15) is 18.2 Å². The number of carbonyl (C=O) groups is 1. The molecule has 1 unspecified atom stereocenters. The molecule has 162 valence electrons. The Bertz CT molecular complexity index is 1140. The summed E-state index contributed by atoms with van der Waals surface area (Å²) in [5.41, 5.74) is 8.85. The number of nitrogens with two attached hydrogens (primary N) is 1. The molecule has 1 amide bonds. The fourth-order valence-electron chi connectivity index (χ4n) is 3.45. The molecule has 3 rings (SSSR count). The number of dihydropyridines is 1. The second-order valence-electron chi connectivity index (χ2n) is 7.24. The van der Waals surface area contributed by atoms with Crippen molar-refractivity contribution < 1.29 is 9.18 Å².